The number of aliphatic hydroxyl groups excluding tert-OH is 1. The van der Waals surface area contributed by atoms with Crippen LogP contribution in [-0.4, -0.2) is 9.67 Å². The summed E-state index contributed by atoms with van der Waals surface area (Å²) < 4.78 is 3.36. The highest BCUT2D eigenvalue weighted by Crippen LogP contribution is 2.33. The topological polar surface area (TPSA) is 25.2 Å². The Hall–Kier alpha value is -0.800. The zero-order chi connectivity index (χ0) is 11.1. The van der Waals surface area contributed by atoms with Crippen LogP contribution in [0.25, 0.3) is 10.9 Å². The number of hydrogen-bond acceptors (Lipinski definition) is 1. The van der Waals surface area contributed by atoms with Gasteiger partial charge in [0.25, 0.3) is 0 Å². The van der Waals surface area contributed by atoms with Crippen LogP contribution in [0.4, 0.5) is 0 Å². The van der Waals surface area contributed by atoms with E-state index in [0.29, 0.717) is 0 Å². The van der Waals surface area contributed by atoms with E-state index in [2.05, 4.69) is 38.7 Å². The molecule has 1 aliphatic rings. The zero-order valence-electron chi connectivity index (χ0n) is 8.99. The molecule has 1 aromatic heterocycles. The van der Waals surface area contributed by atoms with Crippen molar-refractivity contribution in [3.05, 3.63) is 34.4 Å². The first-order chi connectivity index (χ1) is 7.78. The minimum absolute atomic E-state index is 0.124. The van der Waals surface area contributed by atoms with Crippen LogP contribution in [0.5, 0.6) is 0 Å². The van der Waals surface area contributed by atoms with Gasteiger partial charge in [-0.15, -0.1) is 0 Å². The van der Waals surface area contributed by atoms with Crippen LogP contribution in [0.2, 0.25) is 0 Å². The zero-order valence-corrected chi connectivity index (χ0v) is 10.6. The van der Waals surface area contributed by atoms with Crippen LogP contribution in [0.1, 0.15) is 18.5 Å². The molecule has 1 saturated carbocycles. The van der Waals surface area contributed by atoms with Crippen LogP contribution in [0.15, 0.2) is 28.7 Å². The van der Waals surface area contributed by atoms with Crippen LogP contribution in [0, 0.1) is 5.92 Å². The van der Waals surface area contributed by atoms with Gasteiger partial charge < -0.3 is 9.67 Å². The molecule has 0 spiro atoms. The van der Waals surface area contributed by atoms with Crippen molar-refractivity contribution in [3.8, 4) is 0 Å². The molecule has 1 fully saturated rings. The summed E-state index contributed by atoms with van der Waals surface area (Å²) in [6.07, 6.45) is 2.66. The number of rotatable bonds is 3. The van der Waals surface area contributed by atoms with E-state index >= 15 is 0 Å². The molecule has 1 aromatic carbocycles. The third-order valence-electron chi connectivity index (χ3n) is 3.25. The lowest BCUT2D eigenvalue weighted by atomic mass is 10.2. The molecule has 0 amide bonds. The van der Waals surface area contributed by atoms with E-state index in [9.17, 15) is 5.11 Å². The maximum Gasteiger partial charge on any atom is 0.0833 e. The lowest BCUT2D eigenvalue weighted by Gasteiger charge is -2.08. The van der Waals surface area contributed by atoms with Gasteiger partial charge in [0.1, 0.15) is 0 Å². The molecule has 2 aromatic rings. The quantitative estimate of drug-likeness (QED) is 0.916. The highest BCUT2D eigenvalue weighted by atomic mass is 79.9. The molecule has 16 heavy (non-hydrogen) atoms. The molecule has 1 heterocycles. The highest BCUT2D eigenvalue weighted by molar-refractivity contribution is 9.10. The van der Waals surface area contributed by atoms with E-state index in [1.165, 1.54) is 23.7 Å². The third kappa shape index (κ3) is 1.78. The molecule has 3 heteroatoms. The average molecular weight is 280 g/mol. The standard InChI is InChI=1S/C13H14BrNO/c14-11-4-3-10-5-12(8-16)15(13(10)6-11)7-9-1-2-9/h3-6,9,16H,1-2,7-8H2. The fraction of sp³-hybridized carbons (Fsp3) is 0.385. The number of hydrogen-bond donors (Lipinski definition) is 1. The lowest BCUT2D eigenvalue weighted by molar-refractivity contribution is 0.270. The van der Waals surface area contributed by atoms with Crippen molar-refractivity contribution in [3.63, 3.8) is 0 Å². The van der Waals surface area contributed by atoms with E-state index in [0.717, 1.165) is 22.6 Å². The minimum atomic E-state index is 0.124. The first kappa shape index (κ1) is 10.4. The van der Waals surface area contributed by atoms with Gasteiger partial charge in [-0.1, -0.05) is 22.0 Å². The highest BCUT2D eigenvalue weighted by Gasteiger charge is 2.23. The van der Waals surface area contributed by atoms with Gasteiger partial charge in [0, 0.05) is 27.6 Å². The predicted molar refractivity (Wildman–Crippen MR) is 68.3 cm³/mol. The summed E-state index contributed by atoms with van der Waals surface area (Å²) in [7, 11) is 0. The Morgan fingerprint density at radius 2 is 2.12 bits per heavy atom. The number of aromatic nitrogens is 1. The molecule has 1 N–H and O–H groups in total. The van der Waals surface area contributed by atoms with E-state index in [-0.39, 0.29) is 6.61 Å². The smallest absolute Gasteiger partial charge is 0.0833 e. The van der Waals surface area contributed by atoms with Crippen LogP contribution < -0.4 is 0 Å². The second-order valence-electron chi connectivity index (χ2n) is 4.55. The summed E-state index contributed by atoms with van der Waals surface area (Å²) in [6, 6.07) is 8.37. The molecule has 0 aliphatic heterocycles. The van der Waals surface area contributed by atoms with Gasteiger partial charge in [0.05, 0.1) is 6.61 Å². The molecule has 0 bridgehead atoms. The SMILES string of the molecule is OCc1cc2ccc(Br)cc2n1CC1CC1. The Labute approximate surface area is 103 Å². The molecule has 1 aliphatic carbocycles. The van der Waals surface area contributed by atoms with Crippen molar-refractivity contribution in [2.45, 2.75) is 26.0 Å². The molecular formula is C13H14BrNO. The summed E-state index contributed by atoms with van der Waals surface area (Å²) in [5.74, 6) is 0.819. The molecule has 3 rings (SSSR count). The number of fused-ring (bicyclic) bond motifs is 1. The Morgan fingerprint density at radius 3 is 2.81 bits per heavy atom. The van der Waals surface area contributed by atoms with Gasteiger partial charge in [-0.25, -0.2) is 0 Å². The third-order valence-corrected chi connectivity index (χ3v) is 3.75. The fourth-order valence-electron chi connectivity index (χ4n) is 2.19. The normalized spacial score (nSPS) is 15.9. The molecule has 2 nitrogen and oxygen atoms in total. The van der Waals surface area contributed by atoms with Crippen LogP contribution in [0.3, 0.4) is 0 Å². The lowest BCUT2D eigenvalue weighted by Crippen LogP contribution is -2.04. The molecule has 0 saturated heterocycles. The van der Waals surface area contributed by atoms with Crippen LogP contribution >= 0.6 is 15.9 Å². The number of aliphatic hydroxyl groups is 1. The first-order valence-corrected chi connectivity index (χ1v) is 6.46. The van der Waals surface area contributed by atoms with Gasteiger partial charge in [-0.2, -0.15) is 0 Å². The maximum absolute atomic E-state index is 9.39. The average Bonchev–Trinajstić information content (AvgIpc) is 3.02. The van der Waals surface area contributed by atoms with Gasteiger partial charge in [0.2, 0.25) is 0 Å². The molecule has 84 valence electrons. The van der Waals surface area contributed by atoms with Crippen molar-refractivity contribution in [1.82, 2.24) is 4.57 Å². The summed E-state index contributed by atoms with van der Waals surface area (Å²) in [4.78, 5) is 0. The summed E-state index contributed by atoms with van der Waals surface area (Å²) in [6.45, 7) is 1.18. The van der Waals surface area contributed by atoms with Crippen molar-refractivity contribution < 1.29 is 5.11 Å². The Morgan fingerprint density at radius 1 is 1.31 bits per heavy atom. The Bertz CT molecular complexity index is 528. The summed E-state index contributed by atoms with van der Waals surface area (Å²) in [5.41, 5.74) is 2.25. The molecule has 0 unspecified atom stereocenters. The number of benzene rings is 1. The van der Waals surface area contributed by atoms with Crippen molar-refractivity contribution in [2.24, 2.45) is 5.92 Å². The van der Waals surface area contributed by atoms with E-state index in [4.69, 9.17) is 0 Å². The molecule has 0 radical (unpaired) electrons. The van der Waals surface area contributed by atoms with Gasteiger partial charge in [0.15, 0.2) is 0 Å². The number of halogens is 1. The van der Waals surface area contributed by atoms with Gasteiger partial charge in [-0.05, 0) is 37.0 Å². The fourth-order valence-corrected chi connectivity index (χ4v) is 2.54. The Balaban J connectivity index is 2.15. The Kier molecular flexibility index (Phi) is 2.52. The maximum atomic E-state index is 9.39. The predicted octanol–water partition coefficient (Wildman–Crippen LogP) is 3.31. The number of nitrogens with zero attached hydrogens (tertiary/aromatic N) is 1. The minimum Gasteiger partial charge on any atom is -0.390 e. The van der Waals surface area contributed by atoms with Gasteiger partial charge >= 0.3 is 0 Å². The first-order valence-electron chi connectivity index (χ1n) is 5.66. The second-order valence-corrected chi connectivity index (χ2v) is 5.47. The van der Waals surface area contributed by atoms with Crippen molar-refractivity contribution in [2.75, 3.05) is 0 Å². The molecular weight excluding hydrogens is 266 g/mol. The van der Waals surface area contributed by atoms with Gasteiger partial charge in [-0.3, -0.25) is 0 Å². The van der Waals surface area contributed by atoms with Crippen molar-refractivity contribution >= 4 is 26.8 Å². The van der Waals surface area contributed by atoms with Crippen molar-refractivity contribution in [1.29, 1.82) is 0 Å². The summed E-state index contributed by atoms with van der Waals surface area (Å²) in [5, 5.41) is 10.6. The van der Waals surface area contributed by atoms with E-state index in [1.54, 1.807) is 0 Å². The van der Waals surface area contributed by atoms with Crippen LogP contribution in [-0.2, 0) is 13.2 Å². The summed E-state index contributed by atoms with van der Waals surface area (Å²) >= 11 is 3.50. The monoisotopic (exact) mass is 279 g/mol. The second kappa shape index (κ2) is 3.90. The van der Waals surface area contributed by atoms with E-state index in [1.807, 2.05) is 6.07 Å². The largest absolute Gasteiger partial charge is 0.390 e. The van der Waals surface area contributed by atoms with E-state index < -0.39 is 0 Å². The molecule has 0 atom stereocenters.